The molecular formula is C26H33N3O3S. The molecule has 7 heteroatoms. The summed E-state index contributed by atoms with van der Waals surface area (Å²) in [7, 11) is -2.10. The quantitative estimate of drug-likeness (QED) is 0.499. The van der Waals surface area contributed by atoms with Crippen LogP contribution in [0.2, 0.25) is 0 Å². The molecule has 1 saturated carbocycles. The molecule has 0 bridgehead atoms. The van der Waals surface area contributed by atoms with Crippen molar-refractivity contribution in [3.63, 3.8) is 0 Å². The molecule has 1 aliphatic rings. The number of rotatable bonds is 8. The summed E-state index contributed by atoms with van der Waals surface area (Å²) in [5.41, 5.74) is 2.06. The Labute approximate surface area is 196 Å². The number of aryl methyl sites for hydroxylation is 1. The zero-order valence-electron chi connectivity index (χ0n) is 19.4. The minimum absolute atomic E-state index is 0.129. The topological polar surface area (TPSA) is 80.2 Å². The smallest absolute Gasteiger partial charge is 0.261 e. The van der Waals surface area contributed by atoms with Gasteiger partial charge in [-0.15, -0.1) is 0 Å². The van der Waals surface area contributed by atoms with Gasteiger partial charge in [0.15, 0.2) is 0 Å². The summed E-state index contributed by atoms with van der Waals surface area (Å²) in [6.07, 6.45) is 7.85. The number of hydrogen-bond acceptors (Lipinski definition) is 4. The van der Waals surface area contributed by atoms with Gasteiger partial charge >= 0.3 is 0 Å². The molecular weight excluding hydrogens is 434 g/mol. The van der Waals surface area contributed by atoms with E-state index < -0.39 is 10.0 Å². The van der Waals surface area contributed by atoms with Crippen LogP contribution in [0.1, 0.15) is 51.0 Å². The fourth-order valence-electron chi connectivity index (χ4n) is 4.80. The maximum atomic E-state index is 13.2. The zero-order chi connectivity index (χ0) is 23.4. The lowest BCUT2D eigenvalue weighted by atomic mass is 9.85. The molecule has 0 spiro atoms. The molecule has 2 N–H and O–H groups in total. The molecule has 0 amide bonds. The van der Waals surface area contributed by atoms with Crippen molar-refractivity contribution in [3.05, 3.63) is 70.5 Å². The highest BCUT2D eigenvalue weighted by Crippen LogP contribution is 2.28. The van der Waals surface area contributed by atoms with E-state index in [1.165, 1.54) is 48.8 Å². The van der Waals surface area contributed by atoms with E-state index in [1.807, 2.05) is 18.2 Å². The van der Waals surface area contributed by atoms with Crippen LogP contribution in [0.4, 0.5) is 5.69 Å². The Hall–Kier alpha value is -2.64. The summed E-state index contributed by atoms with van der Waals surface area (Å²) in [6, 6.07) is 15.8. The molecule has 1 heterocycles. The van der Waals surface area contributed by atoms with Crippen molar-refractivity contribution in [2.75, 3.05) is 4.72 Å². The Morgan fingerprint density at radius 1 is 1.03 bits per heavy atom. The van der Waals surface area contributed by atoms with Crippen LogP contribution in [0.15, 0.2) is 64.3 Å². The van der Waals surface area contributed by atoms with Crippen LogP contribution in [0.3, 0.4) is 0 Å². The molecule has 0 saturated heterocycles. The number of aromatic nitrogens is 1. The summed E-state index contributed by atoms with van der Waals surface area (Å²) in [4.78, 5) is 12.0. The summed E-state index contributed by atoms with van der Waals surface area (Å²) in [5, 5.41) is 4.28. The number of hydrogen-bond donors (Lipinski definition) is 2. The normalized spacial score (nSPS) is 16.1. The largest absolute Gasteiger partial charge is 0.311 e. The zero-order valence-corrected chi connectivity index (χ0v) is 20.2. The van der Waals surface area contributed by atoms with E-state index in [0.29, 0.717) is 29.2 Å². The van der Waals surface area contributed by atoms with Crippen molar-refractivity contribution in [1.29, 1.82) is 0 Å². The predicted molar refractivity (Wildman–Crippen MR) is 134 cm³/mol. The molecule has 176 valence electrons. The Morgan fingerprint density at radius 2 is 1.79 bits per heavy atom. The molecule has 3 aromatic rings. The van der Waals surface area contributed by atoms with Gasteiger partial charge in [-0.3, -0.25) is 9.52 Å². The average Bonchev–Trinajstić information content (AvgIpc) is 2.81. The van der Waals surface area contributed by atoms with Crippen LogP contribution < -0.4 is 15.6 Å². The average molecular weight is 468 g/mol. The second kappa shape index (κ2) is 10.1. The van der Waals surface area contributed by atoms with Gasteiger partial charge in [0.25, 0.3) is 15.6 Å². The third-order valence-electron chi connectivity index (χ3n) is 6.72. The van der Waals surface area contributed by atoms with E-state index in [9.17, 15) is 13.2 Å². The van der Waals surface area contributed by atoms with E-state index in [1.54, 1.807) is 31.3 Å². The van der Waals surface area contributed by atoms with Crippen LogP contribution in [-0.4, -0.2) is 19.0 Å². The van der Waals surface area contributed by atoms with Gasteiger partial charge in [-0.1, -0.05) is 50.3 Å². The Bertz CT molecular complexity index is 1280. The van der Waals surface area contributed by atoms with Crippen LogP contribution in [-0.2, 0) is 23.6 Å². The van der Waals surface area contributed by atoms with Crippen molar-refractivity contribution in [2.24, 2.45) is 13.0 Å². The fraction of sp³-hybridized carbons (Fsp3) is 0.423. The van der Waals surface area contributed by atoms with Gasteiger partial charge in [-0.25, -0.2) is 8.42 Å². The van der Waals surface area contributed by atoms with Gasteiger partial charge in [-0.2, -0.15) is 0 Å². The minimum Gasteiger partial charge on any atom is -0.311 e. The van der Waals surface area contributed by atoms with Gasteiger partial charge in [-0.05, 0) is 60.5 Å². The van der Waals surface area contributed by atoms with Gasteiger partial charge < -0.3 is 9.88 Å². The fourth-order valence-corrected chi connectivity index (χ4v) is 5.93. The first-order valence-electron chi connectivity index (χ1n) is 11.8. The number of pyridine rings is 1. The highest BCUT2D eigenvalue weighted by atomic mass is 32.2. The first-order valence-corrected chi connectivity index (χ1v) is 13.3. The second-order valence-electron chi connectivity index (χ2n) is 9.24. The molecule has 0 aliphatic heterocycles. The highest BCUT2D eigenvalue weighted by Gasteiger charge is 2.19. The summed E-state index contributed by atoms with van der Waals surface area (Å²) < 4.78 is 30.6. The van der Waals surface area contributed by atoms with E-state index >= 15 is 0 Å². The molecule has 1 aromatic heterocycles. The van der Waals surface area contributed by atoms with Crippen molar-refractivity contribution < 1.29 is 8.42 Å². The van der Waals surface area contributed by atoms with Gasteiger partial charge in [0.05, 0.1) is 16.1 Å². The first-order chi connectivity index (χ1) is 15.8. The molecule has 4 rings (SSSR count). The third kappa shape index (κ3) is 5.65. The molecule has 1 atom stereocenters. The monoisotopic (exact) mass is 467 g/mol. The molecule has 1 aliphatic carbocycles. The lowest BCUT2D eigenvalue weighted by molar-refractivity contribution is 0.305. The SMILES string of the molecule is CC(CC1CCCCC1)NCc1ccccc1NS(=O)(=O)c1ccc2c(ccc(=O)n2C)c1. The number of anilines is 1. The van der Waals surface area contributed by atoms with Crippen LogP contribution >= 0.6 is 0 Å². The van der Waals surface area contributed by atoms with E-state index in [-0.39, 0.29) is 10.5 Å². The molecule has 1 unspecified atom stereocenters. The lowest BCUT2D eigenvalue weighted by Gasteiger charge is -2.25. The molecule has 2 aromatic carbocycles. The van der Waals surface area contributed by atoms with Crippen molar-refractivity contribution in [2.45, 2.75) is 62.9 Å². The Balaban J connectivity index is 1.48. The number of para-hydroxylation sites is 1. The molecule has 33 heavy (non-hydrogen) atoms. The Kier molecular flexibility index (Phi) is 7.20. The second-order valence-corrected chi connectivity index (χ2v) is 10.9. The van der Waals surface area contributed by atoms with Gasteiger partial charge in [0, 0.05) is 25.7 Å². The standard InChI is InChI=1S/C26H33N3O3S/c1-19(16-20-8-4-3-5-9-20)27-18-22-10-6-7-11-24(22)28-33(31,32)23-13-14-25-21(17-23)12-15-26(30)29(25)2/h6-7,10-15,17,19-20,27-28H,3-5,8-9,16,18H2,1-2H3. The molecule has 0 radical (unpaired) electrons. The molecule has 1 fully saturated rings. The van der Waals surface area contributed by atoms with E-state index in [4.69, 9.17) is 0 Å². The number of fused-ring (bicyclic) bond motifs is 1. The maximum absolute atomic E-state index is 13.2. The molecule has 6 nitrogen and oxygen atoms in total. The van der Waals surface area contributed by atoms with Crippen molar-refractivity contribution >= 4 is 26.6 Å². The maximum Gasteiger partial charge on any atom is 0.261 e. The Morgan fingerprint density at radius 3 is 2.58 bits per heavy atom. The lowest BCUT2D eigenvalue weighted by Crippen LogP contribution is -2.29. The van der Waals surface area contributed by atoms with Crippen LogP contribution in [0.5, 0.6) is 0 Å². The van der Waals surface area contributed by atoms with Gasteiger partial charge in [0.1, 0.15) is 0 Å². The van der Waals surface area contributed by atoms with Crippen LogP contribution in [0, 0.1) is 5.92 Å². The van der Waals surface area contributed by atoms with E-state index in [0.717, 1.165) is 17.9 Å². The number of benzene rings is 2. The van der Waals surface area contributed by atoms with Gasteiger partial charge in [0.2, 0.25) is 0 Å². The van der Waals surface area contributed by atoms with E-state index in [2.05, 4.69) is 17.0 Å². The predicted octanol–water partition coefficient (Wildman–Crippen LogP) is 4.79. The van der Waals surface area contributed by atoms with Crippen molar-refractivity contribution in [1.82, 2.24) is 9.88 Å². The summed E-state index contributed by atoms with van der Waals surface area (Å²) >= 11 is 0. The summed E-state index contributed by atoms with van der Waals surface area (Å²) in [5.74, 6) is 0.794. The highest BCUT2D eigenvalue weighted by molar-refractivity contribution is 7.92. The number of nitrogens with one attached hydrogen (secondary N) is 2. The van der Waals surface area contributed by atoms with Crippen LogP contribution in [0.25, 0.3) is 10.9 Å². The summed E-state index contributed by atoms with van der Waals surface area (Å²) in [6.45, 7) is 2.82. The number of sulfonamides is 1. The first kappa shape index (κ1) is 23.5. The number of nitrogens with zero attached hydrogens (tertiary/aromatic N) is 1. The third-order valence-corrected chi connectivity index (χ3v) is 8.08. The van der Waals surface area contributed by atoms with Crippen molar-refractivity contribution in [3.8, 4) is 0 Å². The minimum atomic E-state index is -3.78.